The molecule has 0 aromatic carbocycles. The van der Waals surface area contributed by atoms with Gasteiger partial charge in [0, 0.05) is 39.0 Å². The zero-order valence-corrected chi connectivity index (χ0v) is 10.7. The van der Waals surface area contributed by atoms with E-state index in [4.69, 9.17) is 4.74 Å². The SMILES string of the molecule is C1CC(CN2CCC3(CC2)NCCO3)CCN1. The lowest BCUT2D eigenvalue weighted by molar-refractivity contribution is -0.0587. The summed E-state index contributed by atoms with van der Waals surface area (Å²) in [5.74, 6) is 0.919. The molecule has 3 fully saturated rings. The largest absolute Gasteiger partial charge is 0.359 e. The molecular weight excluding hydrogens is 214 g/mol. The van der Waals surface area contributed by atoms with Crippen LogP contribution >= 0.6 is 0 Å². The Bertz CT molecular complexity index is 237. The molecule has 0 aromatic heterocycles. The topological polar surface area (TPSA) is 36.5 Å². The van der Waals surface area contributed by atoms with Crippen LogP contribution in [0.3, 0.4) is 0 Å². The fourth-order valence-corrected chi connectivity index (χ4v) is 3.42. The molecule has 0 bridgehead atoms. The van der Waals surface area contributed by atoms with Crippen LogP contribution in [0, 0.1) is 5.92 Å². The van der Waals surface area contributed by atoms with E-state index in [2.05, 4.69) is 15.5 Å². The zero-order valence-electron chi connectivity index (χ0n) is 10.7. The van der Waals surface area contributed by atoms with E-state index in [1.54, 1.807) is 0 Å². The molecule has 0 radical (unpaired) electrons. The van der Waals surface area contributed by atoms with Crippen LogP contribution in [-0.2, 0) is 4.74 Å². The first-order valence-electron chi connectivity index (χ1n) is 7.18. The second-order valence-electron chi connectivity index (χ2n) is 5.76. The van der Waals surface area contributed by atoms with Gasteiger partial charge in [0.05, 0.1) is 6.61 Å². The number of rotatable bonds is 2. The normalized spacial score (nSPS) is 31.1. The minimum Gasteiger partial charge on any atom is -0.359 e. The van der Waals surface area contributed by atoms with Crippen molar-refractivity contribution in [3.63, 3.8) is 0 Å². The minimum atomic E-state index is 0.0463. The smallest absolute Gasteiger partial charge is 0.121 e. The summed E-state index contributed by atoms with van der Waals surface area (Å²) in [6.07, 6.45) is 5.04. The van der Waals surface area contributed by atoms with Gasteiger partial charge in [-0.15, -0.1) is 0 Å². The lowest BCUT2D eigenvalue weighted by atomic mass is 9.95. The summed E-state index contributed by atoms with van der Waals surface area (Å²) in [5, 5.41) is 6.98. The fourth-order valence-electron chi connectivity index (χ4n) is 3.42. The van der Waals surface area contributed by atoms with E-state index in [1.807, 2.05) is 0 Å². The van der Waals surface area contributed by atoms with E-state index in [0.717, 1.165) is 31.9 Å². The van der Waals surface area contributed by atoms with Gasteiger partial charge in [-0.05, 0) is 31.8 Å². The lowest BCUT2D eigenvalue weighted by Gasteiger charge is -2.40. The highest BCUT2D eigenvalue weighted by Gasteiger charge is 2.38. The van der Waals surface area contributed by atoms with Gasteiger partial charge >= 0.3 is 0 Å². The molecule has 0 saturated carbocycles. The zero-order chi connectivity index (χ0) is 11.6. The quantitative estimate of drug-likeness (QED) is 0.731. The highest BCUT2D eigenvalue weighted by Crippen LogP contribution is 2.27. The summed E-state index contributed by atoms with van der Waals surface area (Å²) in [4.78, 5) is 2.64. The summed E-state index contributed by atoms with van der Waals surface area (Å²) in [7, 11) is 0. The maximum absolute atomic E-state index is 5.87. The minimum absolute atomic E-state index is 0.0463. The molecule has 3 saturated heterocycles. The van der Waals surface area contributed by atoms with Crippen molar-refractivity contribution >= 4 is 0 Å². The van der Waals surface area contributed by atoms with E-state index in [9.17, 15) is 0 Å². The first-order valence-corrected chi connectivity index (χ1v) is 7.18. The molecular formula is C13H25N3O. The molecule has 0 atom stereocenters. The Morgan fingerprint density at radius 3 is 2.53 bits per heavy atom. The van der Waals surface area contributed by atoms with Gasteiger partial charge in [-0.25, -0.2) is 0 Å². The first-order chi connectivity index (χ1) is 8.36. The van der Waals surface area contributed by atoms with Gasteiger partial charge in [0.1, 0.15) is 5.72 Å². The number of nitrogens with one attached hydrogen (secondary N) is 2. The van der Waals surface area contributed by atoms with E-state index >= 15 is 0 Å². The van der Waals surface area contributed by atoms with Crippen molar-refractivity contribution < 1.29 is 4.74 Å². The molecule has 0 aliphatic carbocycles. The average Bonchev–Trinajstić information content (AvgIpc) is 2.83. The van der Waals surface area contributed by atoms with Gasteiger partial charge in [-0.3, -0.25) is 5.32 Å². The molecule has 3 aliphatic rings. The van der Waals surface area contributed by atoms with Crippen molar-refractivity contribution in [2.45, 2.75) is 31.4 Å². The Morgan fingerprint density at radius 1 is 1.12 bits per heavy atom. The van der Waals surface area contributed by atoms with Gasteiger partial charge in [0.15, 0.2) is 0 Å². The van der Waals surface area contributed by atoms with Crippen LogP contribution in [0.1, 0.15) is 25.7 Å². The predicted molar refractivity (Wildman–Crippen MR) is 68.0 cm³/mol. The van der Waals surface area contributed by atoms with E-state index < -0.39 is 0 Å². The molecule has 1 spiro atoms. The number of hydrogen-bond acceptors (Lipinski definition) is 4. The van der Waals surface area contributed by atoms with E-state index in [1.165, 1.54) is 45.6 Å². The van der Waals surface area contributed by atoms with Crippen LogP contribution in [0.15, 0.2) is 0 Å². The van der Waals surface area contributed by atoms with Gasteiger partial charge in [-0.1, -0.05) is 0 Å². The molecule has 0 amide bonds. The Labute approximate surface area is 104 Å². The molecule has 98 valence electrons. The summed E-state index contributed by atoms with van der Waals surface area (Å²) in [6.45, 7) is 8.08. The number of ether oxygens (including phenoxy) is 1. The third-order valence-electron chi connectivity index (χ3n) is 4.57. The molecule has 3 aliphatic heterocycles. The van der Waals surface area contributed by atoms with Crippen LogP contribution in [-0.4, -0.2) is 56.5 Å². The van der Waals surface area contributed by atoms with Crippen LogP contribution in [0.5, 0.6) is 0 Å². The van der Waals surface area contributed by atoms with Crippen molar-refractivity contribution in [1.82, 2.24) is 15.5 Å². The summed E-state index contributed by atoms with van der Waals surface area (Å²) < 4.78 is 5.87. The molecule has 0 aromatic rings. The molecule has 0 unspecified atom stereocenters. The van der Waals surface area contributed by atoms with Crippen molar-refractivity contribution in [3.8, 4) is 0 Å². The lowest BCUT2D eigenvalue weighted by Crippen LogP contribution is -2.52. The number of likely N-dealkylation sites (tertiary alicyclic amines) is 1. The van der Waals surface area contributed by atoms with Crippen molar-refractivity contribution in [2.24, 2.45) is 5.92 Å². The number of hydrogen-bond donors (Lipinski definition) is 2. The Morgan fingerprint density at radius 2 is 1.88 bits per heavy atom. The Hall–Kier alpha value is -0.160. The third-order valence-corrected chi connectivity index (χ3v) is 4.57. The van der Waals surface area contributed by atoms with E-state index in [-0.39, 0.29) is 5.72 Å². The van der Waals surface area contributed by atoms with Crippen LogP contribution in [0.4, 0.5) is 0 Å². The van der Waals surface area contributed by atoms with Crippen LogP contribution in [0.25, 0.3) is 0 Å². The van der Waals surface area contributed by atoms with Gasteiger partial charge in [0.2, 0.25) is 0 Å². The van der Waals surface area contributed by atoms with Crippen molar-refractivity contribution in [3.05, 3.63) is 0 Å². The first kappa shape index (κ1) is 11.9. The maximum Gasteiger partial charge on any atom is 0.121 e. The summed E-state index contributed by atoms with van der Waals surface area (Å²) in [5.41, 5.74) is 0.0463. The number of nitrogens with zero attached hydrogens (tertiary/aromatic N) is 1. The molecule has 3 heterocycles. The monoisotopic (exact) mass is 239 g/mol. The van der Waals surface area contributed by atoms with Gasteiger partial charge in [0.25, 0.3) is 0 Å². The Kier molecular flexibility index (Phi) is 3.66. The molecule has 4 nitrogen and oxygen atoms in total. The van der Waals surface area contributed by atoms with Gasteiger partial charge < -0.3 is 15.0 Å². The highest BCUT2D eigenvalue weighted by molar-refractivity contribution is 4.89. The molecule has 3 rings (SSSR count). The molecule has 4 heteroatoms. The average molecular weight is 239 g/mol. The van der Waals surface area contributed by atoms with Crippen molar-refractivity contribution in [2.75, 3.05) is 45.9 Å². The van der Waals surface area contributed by atoms with Crippen LogP contribution < -0.4 is 10.6 Å². The predicted octanol–water partition coefficient (Wildman–Crippen LogP) is 0.398. The van der Waals surface area contributed by atoms with Gasteiger partial charge in [-0.2, -0.15) is 0 Å². The second kappa shape index (κ2) is 5.22. The van der Waals surface area contributed by atoms with Crippen LogP contribution in [0.2, 0.25) is 0 Å². The highest BCUT2D eigenvalue weighted by atomic mass is 16.5. The fraction of sp³-hybridized carbons (Fsp3) is 1.00. The standard InChI is InChI=1S/C13H25N3O/c1-5-14-6-2-12(1)11-16-8-3-13(4-9-16)15-7-10-17-13/h12,14-15H,1-11H2. The molecule has 2 N–H and O–H groups in total. The Balaban J connectivity index is 1.44. The van der Waals surface area contributed by atoms with E-state index in [0.29, 0.717) is 0 Å². The summed E-state index contributed by atoms with van der Waals surface area (Å²) in [6, 6.07) is 0. The molecule has 17 heavy (non-hydrogen) atoms. The number of piperidine rings is 2. The third kappa shape index (κ3) is 2.81. The van der Waals surface area contributed by atoms with Crippen molar-refractivity contribution in [1.29, 1.82) is 0 Å². The maximum atomic E-state index is 5.87. The second-order valence-corrected chi connectivity index (χ2v) is 5.76. The summed E-state index contributed by atoms with van der Waals surface area (Å²) >= 11 is 0.